The summed E-state index contributed by atoms with van der Waals surface area (Å²) in [5.74, 6) is 0. The number of aryl methyl sites for hydroxylation is 1. The van der Waals surface area contributed by atoms with Crippen molar-refractivity contribution in [2.45, 2.75) is 6.92 Å². The third kappa shape index (κ3) is 1.66. The van der Waals surface area contributed by atoms with Crippen LogP contribution in [-0.2, 0) is 0 Å². The Morgan fingerprint density at radius 2 is 1.68 bits per heavy atom. The van der Waals surface area contributed by atoms with Gasteiger partial charge in [-0.1, -0.05) is 42.0 Å². The second-order valence-electron chi connectivity index (χ2n) is 4.69. The number of benzene rings is 2. The van der Waals surface area contributed by atoms with Gasteiger partial charge in [-0.15, -0.1) is 22.7 Å². The largest absolute Gasteiger partial charge is 0.134 e. The van der Waals surface area contributed by atoms with Crippen LogP contribution in [0.2, 0.25) is 0 Å². The van der Waals surface area contributed by atoms with E-state index in [9.17, 15) is 0 Å². The van der Waals surface area contributed by atoms with Crippen molar-refractivity contribution in [2.75, 3.05) is 0 Å². The lowest BCUT2D eigenvalue weighted by atomic mass is 10.1. The van der Waals surface area contributed by atoms with Gasteiger partial charge in [0.2, 0.25) is 0 Å². The van der Waals surface area contributed by atoms with Crippen LogP contribution in [0.4, 0.5) is 0 Å². The Bertz CT molecular complexity index is 989. The van der Waals surface area contributed by atoms with Crippen LogP contribution >= 0.6 is 34.9 Å². The summed E-state index contributed by atoms with van der Waals surface area (Å²) in [4.78, 5) is 0. The quantitative estimate of drug-likeness (QED) is 0.343. The second-order valence-corrected chi connectivity index (χ2v) is 7.46. The zero-order chi connectivity index (χ0) is 13.0. The van der Waals surface area contributed by atoms with Gasteiger partial charge >= 0.3 is 0 Å². The van der Waals surface area contributed by atoms with Crippen molar-refractivity contribution in [1.29, 1.82) is 0 Å². The van der Waals surface area contributed by atoms with Gasteiger partial charge in [0, 0.05) is 30.3 Å². The molecule has 0 amide bonds. The molecule has 0 aliphatic carbocycles. The molecular weight excluding hydrogens is 288 g/mol. The summed E-state index contributed by atoms with van der Waals surface area (Å²) in [7, 11) is 0. The molecule has 0 atom stereocenters. The average molecular weight is 298 g/mol. The lowest BCUT2D eigenvalue weighted by Crippen LogP contribution is -1.75. The van der Waals surface area contributed by atoms with Crippen LogP contribution in [0.25, 0.3) is 30.3 Å². The summed E-state index contributed by atoms with van der Waals surface area (Å²) >= 11 is 9.20. The highest BCUT2D eigenvalue weighted by atomic mass is 32.1. The van der Waals surface area contributed by atoms with Gasteiger partial charge in [-0.25, -0.2) is 0 Å². The standard InChI is InChI=1S/C16H10S3/c1-9-6-7-13-11(8-9)15-14(16(17)19-13)10-4-2-3-5-12(10)18-15/h2-8H,1H3. The third-order valence-corrected chi connectivity index (χ3v) is 6.01. The van der Waals surface area contributed by atoms with Crippen LogP contribution in [0.15, 0.2) is 42.5 Å². The molecule has 0 aliphatic heterocycles. The molecule has 4 rings (SSSR count). The van der Waals surface area contributed by atoms with E-state index in [-0.39, 0.29) is 0 Å². The Kier molecular flexibility index (Phi) is 2.49. The van der Waals surface area contributed by atoms with Crippen LogP contribution in [0.3, 0.4) is 0 Å². The van der Waals surface area contributed by atoms with E-state index >= 15 is 0 Å². The predicted molar refractivity (Wildman–Crippen MR) is 90.3 cm³/mol. The number of rotatable bonds is 0. The molecule has 2 heterocycles. The van der Waals surface area contributed by atoms with E-state index in [0.717, 1.165) is 3.82 Å². The third-order valence-electron chi connectivity index (χ3n) is 3.38. The van der Waals surface area contributed by atoms with E-state index in [0.29, 0.717) is 0 Å². The predicted octanol–water partition coefficient (Wildman–Crippen LogP) is 6.31. The second kappa shape index (κ2) is 4.10. The zero-order valence-corrected chi connectivity index (χ0v) is 12.7. The van der Waals surface area contributed by atoms with E-state index in [4.69, 9.17) is 12.2 Å². The van der Waals surface area contributed by atoms with Crippen LogP contribution in [0, 0.1) is 10.7 Å². The molecule has 4 aromatic rings. The zero-order valence-electron chi connectivity index (χ0n) is 10.3. The first-order valence-electron chi connectivity index (χ1n) is 6.09. The van der Waals surface area contributed by atoms with Gasteiger partial charge < -0.3 is 0 Å². The lowest BCUT2D eigenvalue weighted by molar-refractivity contribution is 1.52. The Hall–Kier alpha value is -1.29. The Labute approximate surface area is 123 Å². The molecule has 0 unspecified atom stereocenters. The molecule has 0 spiro atoms. The fourth-order valence-electron chi connectivity index (χ4n) is 2.50. The van der Waals surface area contributed by atoms with Crippen LogP contribution < -0.4 is 0 Å². The minimum Gasteiger partial charge on any atom is -0.134 e. The summed E-state index contributed by atoms with van der Waals surface area (Å²) < 4.78 is 4.95. The molecule has 2 aromatic carbocycles. The smallest absolute Gasteiger partial charge is 0.0998 e. The maximum atomic E-state index is 5.62. The molecule has 0 bridgehead atoms. The molecule has 0 radical (unpaired) electrons. The van der Waals surface area contributed by atoms with Crippen LogP contribution in [0.5, 0.6) is 0 Å². The molecule has 92 valence electrons. The number of thiophene rings is 1. The van der Waals surface area contributed by atoms with Gasteiger partial charge in [0.05, 0.1) is 3.82 Å². The fraction of sp³-hybridized carbons (Fsp3) is 0.0625. The van der Waals surface area contributed by atoms with Crippen molar-refractivity contribution in [2.24, 2.45) is 0 Å². The molecule has 19 heavy (non-hydrogen) atoms. The first kappa shape index (κ1) is 11.5. The summed E-state index contributed by atoms with van der Waals surface area (Å²) in [6.07, 6.45) is 0. The summed E-state index contributed by atoms with van der Waals surface area (Å²) in [6, 6.07) is 15.2. The van der Waals surface area contributed by atoms with Gasteiger partial charge in [-0.3, -0.25) is 0 Å². The van der Waals surface area contributed by atoms with Gasteiger partial charge in [-0.05, 0) is 25.1 Å². The number of hydrogen-bond donors (Lipinski definition) is 0. The highest BCUT2D eigenvalue weighted by Crippen LogP contribution is 2.41. The van der Waals surface area contributed by atoms with E-state index in [2.05, 4.69) is 49.4 Å². The van der Waals surface area contributed by atoms with Gasteiger partial charge in [0.1, 0.15) is 0 Å². The van der Waals surface area contributed by atoms with Crippen molar-refractivity contribution in [3.05, 3.63) is 51.9 Å². The maximum absolute atomic E-state index is 5.62. The fourth-order valence-corrected chi connectivity index (χ4v) is 5.33. The van der Waals surface area contributed by atoms with Crippen molar-refractivity contribution >= 4 is 65.1 Å². The topological polar surface area (TPSA) is 0 Å². The van der Waals surface area contributed by atoms with E-state index < -0.39 is 0 Å². The van der Waals surface area contributed by atoms with Crippen molar-refractivity contribution in [1.82, 2.24) is 0 Å². The Morgan fingerprint density at radius 3 is 2.58 bits per heavy atom. The van der Waals surface area contributed by atoms with Crippen molar-refractivity contribution in [3.8, 4) is 0 Å². The normalized spacial score (nSPS) is 11.6. The first-order valence-corrected chi connectivity index (χ1v) is 8.13. The highest BCUT2D eigenvalue weighted by Gasteiger charge is 2.10. The summed E-state index contributed by atoms with van der Waals surface area (Å²) in [5, 5.41) is 3.90. The number of hydrogen-bond acceptors (Lipinski definition) is 3. The van der Waals surface area contributed by atoms with E-state index in [1.807, 2.05) is 11.3 Å². The average Bonchev–Trinajstić information content (AvgIpc) is 2.80. The van der Waals surface area contributed by atoms with Crippen molar-refractivity contribution < 1.29 is 0 Å². The molecule has 0 N–H and O–H groups in total. The van der Waals surface area contributed by atoms with E-state index in [1.54, 1.807) is 11.3 Å². The lowest BCUT2D eigenvalue weighted by Gasteiger charge is -2.00. The number of fused-ring (bicyclic) bond motifs is 5. The van der Waals surface area contributed by atoms with Gasteiger partial charge in [0.25, 0.3) is 0 Å². The van der Waals surface area contributed by atoms with Crippen molar-refractivity contribution in [3.63, 3.8) is 0 Å². The Balaban J connectivity index is 2.39. The van der Waals surface area contributed by atoms with Gasteiger partial charge in [-0.2, -0.15) is 0 Å². The molecule has 0 saturated carbocycles. The molecule has 2 aromatic heterocycles. The summed E-state index contributed by atoms with van der Waals surface area (Å²) in [5.41, 5.74) is 1.30. The minimum absolute atomic E-state index is 1.00. The minimum atomic E-state index is 1.00. The maximum Gasteiger partial charge on any atom is 0.0998 e. The summed E-state index contributed by atoms with van der Waals surface area (Å²) in [6.45, 7) is 2.14. The Morgan fingerprint density at radius 1 is 0.895 bits per heavy atom. The van der Waals surface area contributed by atoms with Crippen LogP contribution in [-0.4, -0.2) is 0 Å². The molecule has 0 nitrogen and oxygen atoms in total. The SMILES string of the molecule is Cc1ccc2sc(=S)c3c4ccccc4sc3c2c1. The molecule has 0 fully saturated rings. The highest BCUT2D eigenvalue weighted by molar-refractivity contribution is 7.74. The van der Waals surface area contributed by atoms with E-state index in [1.165, 1.54) is 35.8 Å². The molecule has 0 aliphatic rings. The monoisotopic (exact) mass is 298 g/mol. The first-order chi connectivity index (χ1) is 9.24. The van der Waals surface area contributed by atoms with Gasteiger partial charge in [0.15, 0.2) is 0 Å². The van der Waals surface area contributed by atoms with Crippen LogP contribution in [0.1, 0.15) is 5.56 Å². The molecular formula is C16H10S3. The molecule has 3 heteroatoms. The molecule has 0 saturated heterocycles.